The summed E-state index contributed by atoms with van der Waals surface area (Å²) >= 11 is 5.89. The number of carboxylic acid groups (broad SMARTS) is 1. The lowest BCUT2D eigenvalue weighted by Crippen LogP contribution is -2.38. The topological polar surface area (TPSA) is 83.6 Å². The molecule has 5 nitrogen and oxygen atoms in total. The highest BCUT2D eigenvalue weighted by molar-refractivity contribution is 6.33. The molecule has 1 aromatic rings. The molecule has 1 aromatic carbocycles. The summed E-state index contributed by atoms with van der Waals surface area (Å²) < 4.78 is 0. The second kappa shape index (κ2) is 5.73. The number of primary amides is 1. The van der Waals surface area contributed by atoms with Crippen molar-refractivity contribution in [3.8, 4) is 0 Å². The lowest BCUT2D eigenvalue weighted by atomic mass is 10.1. The van der Waals surface area contributed by atoms with Gasteiger partial charge in [-0.25, -0.2) is 4.79 Å². The molecule has 0 radical (unpaired) electrons. The fraction of sp³-hybridized carbons (Fsp3) is 0.333. The van der Waals surface area contributed by atoms with E-state index in [-0.39, 0.29) is 23.2 Å². The maximum Gasteiger partial charge on any atom is 0.337 e. The van der Waals surface area contributed by atoms with Crippen molar-refractivity contribution in [3.05, 3.63) is 28.8 Å². The Morgan fingerprint density at radius 1 is 1.44 bits per heavy atom. The van der Waals surface area contributed by atoms with Crippen molar-refractivity contribution < 1.29 is 14.7 Å². The van der Waals surface area contributed by atoms with E-state index in [1.54, 1.807) is 11.0 Å². The highest BCUT2D eigenvalue weighted by Crippen LogP contribution is 2.25. The maximum atomic E-state index is 11.0. The SMILES string of the molecule is CC(C)N(CC(N)=O)c1ccc(C(=O)O)c(Cl)c1. The number of carbonyl (C=O) groups excluding carboxylic acids is 1. The van der Waals surface area contributed by atoms with E-state index in [0.717, 1.165) is 0 Å². The van der Waals surface area contributed by atoms with Crippen LogP contribution in [0.4, 0.5) is 5.69 Å². The Balaban J connectivity index is 3.10. The average Bonchev–Trinajstić information content (AvgIpc) is 2.24. The molecule has 0 heterocycles. The van der Waals surface area contributed by atoms with Gasteiger partial charge in [0.1, 0.15) is 0 Å². The van der Waals surface area contributed by atoms with Gasteiger partial charge in [0, 0.05) is 11.7 Å². The second-order valence-corrected chi connectivity index (χ2v) is 4.56. The largest absolute Gasteiger partial charge is 0.478 e. The molecular formula is C12H15ClN2O3. The van der Waals surface area contributed by atoms with Crippen molar-refractivity contribution in [2.75, 3.05) is 11.4 Å². The van der Waals surface area contributed by atoms with E-state index in [1.807, 2.05) is 13.8 Å². The van der Waals surface area contributed by atoms with Crippen LogP contribution in [-0.4, -0.2) is 29.6 Å². The molecule has 0 saturated heterocycles. The molecule has 0 spiro atoms. The van der Waals surface area contributed by atoms with Gasteiger partial charge in [-0.2, -0.15) is 0 Å². The Kier molecular flexibility index (Phi) is 4.55. The monoisotopic (exact) mass is 270 g/mol. The van der Waals surface area contributed by atoms with E-state index in [2.05, 4.69) is 0 Å². The number of anilines is 1. The molecular weight excluding hydrogens is 256 g/mol. The molecule has 6 heteroatoms. The molecule has 18 heavy (non-hydrogen) atoms. The van der Waals surface area contributed by atoms with Gasteiger partial charge in [0.2, 0.25) is 5.91 Å². The van der Waals surface area contributed by atoms with Crippen LogP contribution in [-0.2, 0) is 4.79 Å². The summed E-state index contributed by atoms with van der Waals surface area (Å²) in [5.74, 6) is -1.54. The Bertz CT molecular complexity index is 474. The second-order valence-electron chi connectivity index (χ2n) is 4.16. The van der Waals surface area contributed by atoms with Crippen LogP contribution >= 0.6 is 11.6 Å². The van der Waals surface area contributed by atoms with Crippen LogP contribution in [0.1, 0.15) is 24.2 Å². The first-order chi connectivity index (χ1) is 8.32. The van der Waals surface area contributed by atoms with E-state index >= 15 is 0 Å². The first-order valence-corrected chi connectivity index (χ1v) is 5.78. The average molecular weight is 271 g/mol. The van der Waals surface area contributed by atoms with Crippen LogP contribution in [0, 0.1) is 0 Å². The molecule has 0 aliphatic rings. The van der Waals surface area contributed by atoms with Crippen LogP contribution in [0.15, 0.2) is 18.2 Å². The van der Waals surface area contributed by atoms with E-state index < -0.39 is 11.9 Å². The summed E-state index contributed by atoms with van der Waals surface area (Å²) in [5, 5.41) is 9.01. The number of carbonyl (C=O) groups is 2. The molecule has 1 amide bonds. The number of rotatable bonds is 5. The Morgan fingerprint density at radius 2 is 2.06 bits per heavy atom. The molecule has 1 rings (SSSR count). The Morgan fingerprint density at radius 3 is 2.44 bits per heavy atom. The third-order valence-electron chi connectivity index (χ3n) is 2.46. The molecule has 0 fully saturated rings. The predicted molar refractivity (Wildman–Crippen MR) is 70.1 cm³/mol. The normalized spacial score (nSPS) is 10.4. The van der Waals surface area contributed by atoms with Crippen LogP contribution in [0.3, 0.4) is 0 Å². The number of hydrogen-bond donors (Lipinski definition) is 2. The Labute approximate surface area is 110 Å². The maximum absolute atomic E-state index is 11.0. The molecule has 0 aliphatic heterocycles. The minimum atomic E-state index is -1.09. The van der Waals surface area contributed by atoms with Crippen molar-refractivity contribution in [2.24, 2.45) is 5.73 Å². The number of nitrogens with two attached hydrogens (primary N) is 1. The lowest BCUT2D eigenvalue weighted by molar-refractivity contribution is -0.116. The van der Waals surface area contributed by atoms with Gasteiger partial charge < -0.3 is 15.7 Å². The van der Waals surface area contributed by atoms with Gasteiger partial charge in [0.15, 0.2) is 0 Å². The fourth-order valence-electron chi connectivity index (χ4n) is 1.60. The lowest BCUT2D eigenvalue weighted by Gasteiger charge is -2.27. The van der Waals surface area contributed by atoms with Gasteiger partial charge in [0.25, 0.3) is 0 Å². The van der Waals surface area contributed by atoms with E-state index in [0.29, 0.717) is 5.69 Å². The molecule has 0 saturated carbocycles. The summed E-state index contributed by atoms with van der Waals surface area (Å²) in [7, 11) is 0. The van der Waals surface area contributed by atoms with Gasteiger partial charge in [-0.3, -0.25) is 4.79 Å². The standard InChI is InChI=1S/C12H15ClN2O3/c1-7(2)15(6-11(14)16)8-3-4-9(12(17)18)10(13)5-8/h3-5,7H,6H2,1-2H3,(H2,14,16)(H,17,18). The van der Waals surface area contributed by atoms with Crippen LogP contribution in [0.5, 0.6) is 0 Å². The quantitative estimate of drug-likeness (QED) is 0.854. The van der Waals surface area contributed by atoms with Gasteiger partial charge in [-0.1, -0.05) is 11.6 Å². The smallest absolute Gasteiger partial charge is 0.337 e. The summed E-state index contributed by atoms with van der Waals surface area (Å²) in [5.41, 5.74) is 5.87. The highest BCUT2D eigenvalue weighted by atomic mass is 35.5. The van der Waals surface area contributed by atoms with Crippen LogP contribution < -0.4 is 10.6 Å². The number of hydrogen-bond acceptors (Lipinski definition) is 3. The highest BCUT2D eigenvalue weighted by Gasteiger charge is 2.16. The molecule has 0 atom stereocenters. The van der Waals surface area contributed by atoms with E-state index in [9.17, 15) is 9.59 Å². The summed E-state index contributed by atoms with van der Waals surface area (Å²) in [6, 6.07) is 4.59. The minimum Gasteiger partial charge on any atom is -0.478 e. The zero-order valence-corrected chi connectivity index (χ0v) is 10.9. The summed E-state index contributed by atoms with van der Waals surface area (Å²) in [6.07, 6.45) is 0. The number of nitrogens with zero attached hydrogens (tertiary/aromatic N) is 1. The van der Waals surface area contributed by atoms with Crippen molar-refractivity contribution in [1.29, 1.82) is 0 Å². The van der Waals surface area contributed by atoms with Crippen LogP contribution in [0.25, 0.3) is 0 Å². The number of amides is 1. The molecule has 0 aromatic heterocycles. The van der Waals surface area contributed by atoms with Gasteiger partial charge in [0.05, 0.1) is 17.1 Å². The first-order valence-electron chi connectivity index (χ1n) is 5.40. The van der Waals surface area contributed by atoms with E-state index in [4.69, 9.17) is 22.4 Å². The number of benzene rings is 1. The summed E-state index contributed by atoms with van der Waals surface area (Å²) in [4.78, 5) is 23.6. The van der Waals surface area contributed by atoms with Crippen molar-refractivity contribution in [1.82, 2.24) is 0 Å². The van der Waals surface area contributed by atoms with Crippen molar-refractivity contribution in [2.45, 2.75) is 19.9 Å². The van der Waals surface area contributed by atoms with Crippen molar-refractivity contribution in [3.63, 3.8) is 0 Å². The third kappa shape index (κ3) is 3.37. The molecule has 0 aliphatic carbocycles. The Hall–Kier alpha value is -1.75. The fourth-order valence-corrected chi connectivity index (χ4v) is 1.85. The number of aromatic carboxylic acids is 1. The van der Waals surface area contributed by atoms with Gasteiger partial charge >= 0.3 is 5.97 Å². The van der Waals surface area contributed by atoms with Crippen molar-refractivity contribution >= 4 is 29.2 Å². The predicted octanol–water partition coefficient (Wildman–Crippen LogP) is 1.74. The minimum absolute atomic E-state index is 0.0307. The van der Waals surface area contributed by atoms with Gasteiger partial charge in [-0.15, -0.1) is 0 Å². The summed E-state index contributed by atoms with van der Waals surface area (Å²) in [6.45, 7) is 3.87. The molecule has 98 valence electrons. The van der Waals surface area contributed by atoms with E-state index in [1.165, 1.54) is 12.1 Å². The first kappa shape index (κ1) is 14.3. The molecule has 0 unspecified atom stereocenters. The third-order valence-corrected chi connectivity index (χ3v) is 2.78. The van der Waals surface area contributed by atoms with Crippen LogP contribution in [0.2, 0.25) is 5.02 Å². The zero-order valence-electron chi connectivity index (χ0n) is 10.2. The number of carboxylic acids is 1. The zero-order chi connectivity index (χ0) is 13.9. The number of halogens is 1. The molecule has 0 bridgehead atoms. The van der Waals surface area contributed by atoms with Gasteiger partial charge in [-0.05, 0) is 32.0 Å². The molecule has 3 N–H and O–H groups in total.